The number of aromatic carboxylic acids is 1. The van der Waals surface area contributed by atoms with Gasteiger partial charge in [0.15, 0.2) is 16.7 Å². The van der Waals surface area contributed by atoms with E-state index in [1.54, 1.807) is 17.0 Å². The van der Waals surface area contributed by atoms with Crippen molar-refractivity contribution >= 4 is 63.2 Å². The number of amides is 1. The van der Waals surface area contributed by atoms with E-state index in [1.807, 2.05) is 45.9 Å². The lowest BCUT2D eigenvalue weighted by Crippen LogP contribution is -2.28. The van der Waals surface area contributed by atoms with Crippen molar-refractivity contribution in [3.05, 3.63) is 56.0 Å². The zero-order valence-corrected chi connectivity index (χ0v) is 21.8. The number of aliphatic imine (C=N–C) groups is 1. The fraction of sp³-hybridized carbons (Fsp3) is 0.292. The second-order valence-electron chi connectivity index (χ2n) is 7.34. The minimum atomic E-state index is -0.995. The Labute approximate surface area is 211 Å². The molecule has 0 saturated carbocycles. The molecule has 1 aliphatic heterocycles. The van der Waals surface area contributed by atoms with Crippen molar-refractivity contribution in [2.24, 2.45) is 4.99 Å². The van der Waals surface area contributed by atoms with Crippen LogP contribution >= 0.6 is 34.4 Å². The second-order valence-corrected chi connectivity index (χ2v) is 9.51. The summed E-state index contributed by atoms with van der Waals surface area (Å²) in [6.45, 7) is 8.70. The van der Waals surface area contributed by atoms with Gasteiger partial charge in [-0.05, 0) is 110 Å². The number of carbonyl (C=O) groups is 2. The summed E-state index contributed by atoms with van der Waals surface area (Å²) in [5.74, 6) is 0.215. The third-order valence-electron chi connectivity index (χ3n) is 4.53. The molecule has 9 heteroatoms. The van der Waals surface area contributed by atoms with Gasteiger partial charge in [-0.25, -0.2) is 9.79 Å². The highest BCUT2D eigenvalue weighted by Gasteiger charge is 2.32. The van der Waals surface area contributed by atoms with Gasteiger partial charge in [-0.1, -0.05) is 0 Å². The summed E-state index contributed by atoms with van der Waals surface area (Å²) < 4.78 is 12.6. The molecule has 1 heterocycles. The van der Waals surface area contributed by atoms with Gasteiger partial charge in [0.25, 0.3) is 5.91 Å². The van der Waals surface area contributed by atoms with Gasteiger partial charge in [-0.3, -0.25) is 9.69 Å². The fourth-order valence-electron chi connectivity index (χ4n) is 3.09. The molecule has 33 heavy (non-hydrogen) atoms. The predicted molar refractivity (Wildman–Crippen MR) is 140 cm³/mol. The number of likely N-dealkylation sites (N-methyl/N-ethyl adjacent to an activating group) is 1. The lowest BCUT2D eigenvalue weighted by Gasteiger charge is -2.17. The van der Waals surface area contributed by atoms with Gasteiger partial charge >= 0.3 is 5.97 Å². The first-order chi connectivity index (χ1) is 15.7. The molecule has 1 saturated heterocycles. The Hall–Kier alpha value is -2.53. The van der Waals surface area contributed by atoms with Gasteiger partial charge in [0, 0.05) is 6.54 Å². The SMILES string of the molecule is CCOc1cc(/C=C2/SC(=Nc3ccc(C(=O)O)cc3)N(CC)C2=O)cc(I)c1OC(C)C. The summed E-state index contributed by atoms with van der Waals surface area (Å²) in [5, 5.41) is 9.62. The van der Waals surface area contributed by atoms with Crippen LogP contribution in [0, 0.1) is 3.57 Å². The van der Waals surface area contributed by atoms with E-state index >= 15 is 0 Å². The van der Waals surface area contributed by atoms with E-state index in [2.05, 4.69) is 27.6 Å². The quantitative estimate of drug-likeness (QED) is 0.314. The van der Waals surface area contributed by atoms with Crippen molar-refractivity contribution < 1.29 is 24.2 Å². The summed E-state index contributed by atoms with van der Waals surface area (Å²) in [5.41, 5.74) is 1.60. The third-order valence-corrected chi connectivity index (χ3v) is 6.33. The number of ether oxygens (including phenoxy) is 2. The minimum Gasteiger partial charge on any atom is -0.490 e. The number of thioether (sulfide) groups is 1. The van der Waals surface area contributed by atoms with Crippen molar-refractivity contribution in [1.82, 2.24) is 4.90 Å². The molecule has 0 aliphatic carbocycles. The zero-order chi connectivity index (χ0) is 24.1. The van der Waals surface area contributed by atoms with E-state index in [0.717, 1.165) is 9.13 Å². The second kappa shape index (κ2) is 11.1. The van der Waals surface area contributed by atoms with Crippen molar-refractivity contribution in [1.29, 1.82) is 0 Å². The largest absolute Gasteiger partial charge is 0.490 e. The summed E-state index contributed by atoms with van der Waals surface area (Å²) in [4.78, 5) is 30.8. The molecule has 3 rings (SSSR count). The number of hydrogen-bond donors (Lipinski definition) is 1. The molecule has 0 bridgehead atoms. The Bertz CT molecular complexity index is 1110. The van der Waals surface area contributed by atoms with Crippen LogP contribution in [-0.4, -0.2) is 46.3 Å². The van der Waals surface area contributed by atoms with E-state index in [1.165, 1.54) is 23.9 Å². The summed E-state index contributed by atoms with van der Waals surface area (Å²) >= 11 is 3.50. The third kappa shape index (κ3) is 6.08. The van der Waals surface area contributed by atoms with Gasteiger partial charge in [0.2, 0.25) is 0 Å². The molecule has 174 valence electrons. The minimum absolute atomic E-state index is 0.00957. The Balaban J connectivity index is 1.94. The van der Waals surface area contributed by atoms with E-state index in [0.29, 0.717) is 40.4 Å². The van der Waals surface area contributed by atoms with Crippen LogP contribution in [0.5, 0.6) is 11.5 Å². The van der Waals surface area contributed by atoms with Crippen LogP contribution < -0.4 is 9.47 Å². The van der Waals surface area contributed by atoms with Crippen molar-refractivity contribution in [2.45, 2.75) is 33.8 Å². The highest BCUT2D eigenvalue weighted by molar-refractivity contribution is 14.1. The molecule has 7 nitrogen and oxygen atoms in total. The summed E-state index contributed by atoms with van der Waals surface area (Å²) in [7, 11) is 0. The maximum absolute atomic E-state index is 13.0. The molecular weight excluding hydrogens is 555 g/mol. The molecule has 0 unspecified atom stereocenters. The Kier molecular flexibility index (Phi) is 8.41. The van der Waals surface area contributed by atoms with Crippen LogP contribution in [0.15, 0.2) is 46.3 Å². The number of carboxylic acid groups (broad SMARTS) is 1. The summed E-state index contributed by atoms with van der Waals surface area (Å²) in [6.07, 6.45) is 1.84. The molecule has 1 amide bonds. The van der Waals surface area contributed by atoms with Gasteiger partial charge in [0.05, 0.1) is 32.4 Å². The first-order valence-corrected chi connectivity index (χ1v) is 12.4. The Morgan fingerprint density at radius 3 is 2.52 bits per heavy atom. The van der Waals surface area contributed by atoms with Crippen molar-refractivity contribution in [2.75, 3.05) is 13.2 Å². The zero-order valence-electron chi connectivity index (χ0n) is 18.8. The number of benzene rings is 2. The van der Waals surface area contributed by atoms with E-state index in [9.17, 15) is 9.59 Å². The molecule has 1 aliphatic rings. The molecule has 2 aromatic rings. The molecule has 0 spiro atoms. The van der Waals surface area contributed by atoms with Crippen LogP contribution in [0.2, 0.25) is 0 Å². The molecule has 0 radical (unpaired) electrons. The van der Waals surface area contributed by atoms with Crippen LogP contribution in [0.3, 0.4) is 0 Å². The molecule has 1 N–H and O–H groups in total. The number of amidine groups is 1. The highest BCUT2D eigenvalue weighted by atomic mass is 127. The number of carboxylic acids is 1. The smallest absolute Gasteiger partial charge is 0.335 e. The number of hydrogen-bond acceptors (Lipinski definition) is 6. The van der Waals surface area contributed by atoms with Crippen molar-refractivity contribution in [3.8, 4) is 11.5 Å². The standard InChI is InChI=1S/C24H25IN2O5S/c1-5-27-22(28)20(33-24(27)26-17-9-7-16(8-10-17)23(29)30)13-15-11-18(25)21(32-14(3)4)19(12-15)31-6-2/h7-14H,5-6H2,1-4H3,(H,29,30)/b20-13+,26-24?. The highest BCUT2D eigenvalue weighted by Crippen LogP contribution is 2.38. The average molecular weight is 580 g/mol. The van der Waals surface area contributed by atoms with Crippen molar-refractivity contribution in [3.63, 3.8) is 0 Å². The number of nitrogens with zero attached hydrogens (tertiary/aromatic N) is 2. The lowest BCUT2D eigenvalue weighted by atomic mass is 10.1. The molecular formula is C24H25IN2O5S. The maximum Gasteiger partial charge on any atom is 0.335 e. The first-order valence-electron chi connectivity index (χ1n) is 10.5. The topological polar surface area (TPSA) is 88.4 Å². The van der Waals surface area contributed by atoms with Gasteiger partial charge in [0.1, 0.15) is 0 Å². The van der Waals surface area contributed by atoms with Gasteiger partial charge < -0.3 is 14.6 Å². The fourth-order valence-corrected chi connectivity index (χ4v) is 4.91. The molecule has 0 aromatic heterocycles. The maximum atomic E-state index is 13.0. The Morgan fingerprint density at radius 2 is 1.94 bits per heavy atom. The molecule has 2 aromatic carbocycles. The average Bonchev–Trinajstić information content (AvgIpc) is 3.04. The lowest BCUT2D eigenvalue weighted by molar-refractivity contribution is -0.122. The first kappa shape index (κ1) is 25.1. The van der Waals surface area contributed by atoms with Crippen LogP contribution in [-0.2, 0) is 4.79 Å². The van der Waals surface area contributed by atoms with Crippen LogP contribution in [0.4, 0.5) is 5.69 Å². The number of carbonyl (C=O) groups excluding carboxylic acids is 1. The van der Waals surface area contributed by atoms with E-state index < -0.39 is 5.97 Å². The van der Waals surface area contributed by atoms with Gasteiger partial charge in [-0.2, -0.15) is 0 Å². The molecule has 0 atom stereocenters. The van der Waals surface area contributed by atoms with E-state index in [4.69, 9.17) is 14.6 Å². The number of rotatable bonds is 8. The summed E-state index contributed by atoms with van der Waals surface area (Å²) in [6, 6.07) is 10.1. The predicted octanol–water partition coefficient (Wildman–Crippen LogP) is 5.80. The van der Waals surface area contributed by atoms with Crippen LogP contribution in [0.25, 0.3) is 6.08 Å². The van der Waals surface area contributed by atoms with Gasteiger partial charge in [-0.15, -0.1) is 0 Å². The van der Waals surface area contributed by atoms with Crippen LogP contribution in [0.1, 0.15) is 43.6 Å². The van der Waals surface area contributed by atoms with E-state index in [-0.39, 0.29) is 17.6 Å². The normalized spacial score (nSPS) is 16.2. The molecule has 1 fully saturated rings. The number of halogens is 1. The Morgan fingerprint density at radius 1 is 1.24 bits per heavy atom. The monoisotopic (exact) mass is 580 g/mol.